The molecule has 2 aromatic heterocycles. The van der Waals surface area contributed by atoms with Gasteiger partial charge >= 0.3 is 0 Å². The standard InChI is InChI=1S/C20H27N5O4/c1-19(28)13-20(5-9-25(10-6-20)18(27)14-3-7-21-11-14)29-12-16(19)23-17(26)15-4-8-22-24(15)2/h3-4,7-8,11,16,21,28H,5-6,9-10,12-13H2,1-2H3,(H,23,26)/t16-,19-/m0/s1. The van der Waals surface area contributed by atoms with E-state index in [1.807, 2.05) is 4.90 Å². The van der Waals surface area contributed by atoms with Crippen LogP contribution in [0.4, 0.5) is 0 Å². The number of hydrogen-bond donors (Lipinski definition) is 3. The third-order valence-corrected chi connectivity index (χ3v) is 6.15. The first-order chi connectivity index (χ1) is 13.8. The van der Waals surface area contributed by atoms with Gasteiger partial charge in [0.25, 0.3) is 11.8 Å². The van der Waals surface area contributed by atoms with E-state index in [2.05, 4.69) is 15.4 Å². The van der Waals surface area contributed by atoms with Crippen molar-refractivity contribution in [3.63, 3.8) is 0 Å². The first kappa shape index (κ1) is 19.7. The van der Waals surface area contributed by atoms with Crippen molar-refractivity contribution in [1.29, 1.82) is 0 Å². The number of aromatic nitrogens is 3. The number of nitrogens with one attached hydrogen (secondary N) is 2. The SMILES string of the molecule is Cn1nccc1C(=O)N[C@H]1COC2(CCN(C(=O)c3cc[nH]c3)CC2)C[C@]1(C)O. The predicted octanol–water partition coefficient (Wildman–Crippen LogP) is 0.693. The summed E-state index contributed by atoms with van der Waals surface area (Å²) in [7, 11) is 1.70. The lowest BCUT2D eigenvalue weighted by molar-refractivity contribution is -0.183. The van der Waals surface area contributed by atoms with Crippen molar-refractivity contribution in [2.45, 2.75) is 43.4 Å². The number of nitrogens with zero attached hydrogens (tertiary/aromatic N) is 3. The summed E-state index contributed by atoms with van der Waals surface area (Å²) in [4.78, 5) is 29.8. The van der Waals surface area contributed by atoms with Crippen molar-refractivity contribution in [2.75, 3.05) is 19.7 Å². The molecule has 3 N–H and O–H groups in total. The van der Waals surface area contributed by atoms with Gasteiger partial charge in [-0.25, -0.2) is 0 Å². The monoisotopic (exact) mass is 401 g/mol. The number of ether oxygens (including phenoxy) is 1. The van der Waals surface area contributed by atoms with Crippen LogP contribution in [0.2, 0.25) is 0 Å². The number of aliphatic hydroxyl groups is 1. The maximum atomic E-state index is 12.5. The molecule has 4 rings (SSSR count). The minimum absolute atomic E-state index is 0.00462. The van der Waals surface area contributed by atoms with E-state index in [-0.39, 0.29) is 18.4 Å². The maximum Gasteiger partial charge on any atom is 0.269 e. The summed E-state index contributed by atoms with van der Waals surface area (Å²) in [6.45, 7) is 3.11. The van der Waals surface area contributed by atoms with Crippen LogP contribution in [0, 0.1) is 0 Å². The van der Waals surface area contributed by atoms with Crippen molar-refractivity contribution in [2.24, 2.45) is 7.05 Å². The van der Waals surface area contributed by atoms with Crippen LogP contribution >= 0.6 is 0 Å². The highest BCUT2D eigenvalue weighted by Crippen LogP contribution is 2.39. The van der Waals surface area contributed by atoms with Crippen LogP contribution in [0.25, 0.3) is 0 Å². The minimum Gasteiger partial charge on any atom is -0.388 e. The Morgan fingerprint density at radius 2 is 2.10 bits per heavy atom. The summed E-state index contributed by atoms with van der Waals surface area (Å²) in [5.41, 5.74) is -0.515. The van der Waals surface area contributed by atoms with E-state index in [0.29, 0.717) is 43.6 Å². The topological polar surface area (TPSA) is 112 Å². The van der Waals surface area contributed by atoms with Crippen molar-refractivity contribution < 1.29 is 19.4 Å². The highest BCUT2D eigenvalue weighted by Gasteiger charge is 2.50. The number of likely N-dealkylation sites (tertiary alicyclic amines) is 1. The fraction of sp³-hybridized carbons (Fsp3) is 0.550. The lowest BCUT2D eigenvalue weighted by Gasteiger charge is -2.51. The second-order valence-electron chi connectivity index (χ2n) is 8.29. The lowest BCUT2D eigenvalue weighted by atomic mass is 9.75. The molecule has 0 bridgehead atoms. The number of aromatic amines is 1. The van der Waals surface area contributed by atoms with Crippen molar-refractivity contribution >= 4 is 11.8 Å². The Labute approximate surface area is 169 Å². The van der Waals surface area contributed by atoms with Crippen LogP contribution in [0.3, 0.4) is 0 Å². The fourth-order valence-corrected chi connectivity index (χ4v) is 4.37. The van der Waals surface area contributed by atoms with Gasteiger partial charge in [0, 0.05) is 45.1 Å². The zero-order chi connectivity index (χ0) is 20.6. The van der Waals surface area contributed by atoms with E-state index < -0.39 is 17.2 Å². The van der Waals surface area contributed by atoms with Crippen molar-refractivity contribution in [3.05, 3.63) is 42.0 Å². The summed E-state index contributed by atoms with van der Waals surface area (Å²) >= 11 is 0. The van der Waals surface area contributed by atoms with E-state index in [0.717, 1.165) is 0 Å². The molecule has 156 valence electrons. The third-order valence-electron chi connectivity index (χ3n) is 6.15. The van der Waals surface area contributed by atoms with Gasteiger partial charge in [-0.05, 0) is 31.9 Å². The van der Waals surface area contributed by atoms with Gasteiger partial charge in [0.05, 0.1) is 29.4 Å². The number of piperidine rings is 1. The summed E-state index contributed by atoms with van der Waals surface area (Å²) in [5.74, 6) is -0.285. The molecular weight excluding hydrogens is 374 g/mol. The van der Waals surface area contributed by atoms with Gasteiger partial charge in [-0.2, -0.15) is 5.10 Å². The molecule has 2 aliphatic heterocycles. The molecule has 2 saturated heterocycles. The predicted molar refractivity (Wildman–Crippen MR) is 104 cm³/mol. The Hall–Kier alpha value is -2.65. The summed E-state index contributed by atoms with van der Waals surface area (Å²) in [6.07, 6.45) is 6.71. The van der Waals surface area contributed by atoms with Crippen molar-refractivity contribution in [1.82, 2.24) is 25.0 Å². The van der Waals surface area contributed by atoms with Crippen LogP contribution in [0.1, 0.15) is 47.0 Å². The second-order valence-corrected chi connectivity index (χ2v) is 8.29. The number of rotatable bonds is 3. The molecule has 2 aromatic rings. The number of carbonyl (C=O) groups excluding carboxylic acids is 2. The fourth-order valence-electron chi connectivity index (χ4n) is 4.37. The molecule has 0 unspecified atom stereocenters. The average Bonchev–Trinajstić information content (AvgIpc) is 3.35. The van der Waals surface area contributed by atoms with Crippen molar-refractivity contribution in [3.8, 4) is 0 Å². The molecule has 29 heavy (non-hydrogen) atoms. The normalized spacial score (nSPS) is 26.4. The highest BCUT2D eigenvalue weighted by molar-refractivity contribution is 5.94. The Morgan fingerprint density at radius 1 is 1.34 bits per heavy atom. The second kappa shape index (κ2) is 7.31. The van der Waals surface area contributed by atoms with Crippen LogP contribution in [0.15, 0.2) is 30.7 Å². The Balaban J connectivity index is 1.37. The molecule has 0 aliphatic carbocycles. The minimum atomic E-state index is -1.11. The van der Waals surface area contributed by atoms with Crippen LogP contribution in [-0.4, -0.2) is 73.5 Å². The Morgan fingerprint density at radius 3 is 2.69 bits per heavy atom. The molecule has 9 nitrogen and oxygen atoms in total. The quantitative estimate of drug-likeness (QED) is 0.701. The average molecular weight is 401 g/mol. The van der Waals surface area contributed by atoms with Gasteiger partial charge in [0.15, 0.2) is 0 Å². The molecule has 2 aliphatic rings. The van der Waals surface area contributed by atoms with Gasteiger partial charge < -0.3 is 25.0 Å². The first-order valence-electron chi connectivity index (χ1n) is 9.87. The molecule has 2 amide bonds. The number of carbonyl (C=O) groups is 2. The molecular formula is C20H27N5O4. The van der Waals surface area contributed by atoms with E-state index in [1.54, 1.807) is 44.7 Å². The molecule has 2 atom stereocenters. The largest absolute Gasteiger partial charge is 0.388 e. The maximum absolute atomic E-state index is 12.5. The number of aryl methyl sites for hydroxylation is 1. The number of H-pyrrole nitrogens is 1. The van der Waals surface area contributed by atoms with E-state index in [1.165, 1.54) is 4.68 Å². The van der Waals surface area contributed by atoms with Crippen LogP contribution in [-0.2, 0) is 11.8 Å². The van der Waals surface area contributed by atoms with Gasteiger partial charge in [-0.3, -0.25) is 14.3 Å². The van der Waals surface area contributed by atoms with Crippen LogP contribution in [0.5, 0.6) is 0 Å². The summed E-state index contributed by atoms with van der Waals surface area (Å²) < 4.78 is 7.67. The zero-order valence-electron chi connectivity index (χ0n) is 16.7. The Kier molecular flexibility index (Phi) is 4.95. The number of hydrogen-bond acceptors (Lipinski definition) is 5. The summed E-state index contributed by atoms with van der Waals surface area (Å²) in [6, 6.07) is 2.88. The number of amides is 2. The molecule has 0 aromatic carbocycles. The van der Waals surface area contributed by atoms with Gasteiger partial charge in [0.1, 0.15) is 5.69 Å². The van der Waals surface area contributed by atoms with E-state index in [4.69, 9.17) is 4.74 Å². The summed E-state index contributed by atoms with van der Waals surface area (Å²) in [5, 5.41) is 18.0. The molecule has 2 fully saturated rings. The first-order valence-corrected chi connectivity index (χ1v) is 9.87. The van der Waals surface area contributed by atoms with Gasteiger partial charge in [-0.15, -0.1) is 0 Å². The van der Waals surface area contributed by atoms with Crippen LogP contribution < -0.4 is 5.32 Å². The Bertz CT molecular complexity index is 881. The lowest BCUT2D eigenvalue weighted by Crippen LogP contribution is -2.64. The molecule has 9 heteroatoms. The molecule has 0 saturated carbocycles. The zero-order valence-corrected chi connectivity index (χ0v) is 16.7. The molecule has 1 spiro atoms. The van der Waals surface area contributed by atoms with E-state index >= 15 is 0 Å². The molecule has 4 heterocycles. The highest BCUT2D eigenvalue weighted by atomic mass is 16.5. The third kappa shape index (κ3) is 3.79. The van der Waals surface area contributed by atoms with Gasteiger partial charge in [0.2, 0.25) is 0 Å². The van der Waals surface area contributed by atoms with Gasteiger partial charge in [-0.1, -0.05) is 0 Å². The van der Waals surface area contributed by atoms with E-state index in [9.17, 15) is 14.7 Å². The smallest absolute Gasteiger partial charge is 0.269 e. The molecule has 0 radical (unpaired) electrons.